The molecule has 140 valence electrons. The second kappa shape index (κ2) is 8.18. The Balaban J connectivity index is 2.07. The number of nitrogens with zero attached hydrogens (tertiary/aromatic N) is 2. The molecular formula is C20H25FN2O2S. The Hall–Kier alpha value is -1.92. The van der Waals surface area contributed by atoms with Crippen molar-refractivity contribution < 1.29 is 14.2 Å². The molecule has 6 heteroatoms. The van der Waals surface area contributed by atoms with Gasteiger partial charge in [-0.2, -0.15) is 0 Å². The molecule has 1 unspecified atom stereocenters. The number of rotatable bonds is 5. The summed E-state index contributed by atoms with van der Waals surface area (Å²) in [6, 6.07) is 10.5. The first-order valence-electron chi connectivity index (χ1n) is 8.88. The zero-order valence-electron chi connectivity index (χ0n) is 15.4. The monoisotopic (exact) mass is 376 g/mol. The minimum Gasteiger partial charge on any atom is -0.504 e. The van der Waals surface area contributed by atoms with Crippen LogP contribution in [0.25, 0.3) is 0 Å². The van der Waals surface area contributed by atoms with Gasteiger partial charge in [0.1, 0.15) is 5.82 Å². The van der Waals surface area contributed by atoms with Crippen molar-refractivity contribution in [2.75, 3.05) is 25.6 Å². The highest BCUT2D eigenvalue weighted by Crippen LogP contribution is 2.45. The largest absolute Gasteiger partial charge is 0.504 e. The number of ether oxygens (including phenoxy) is 1. The van der Waals surface area contributed by atoms with Crippen LogP contribution in [0.1, 0.15) is 26.2 Å². The molecule has 0 spiro atoms. The molecule has 26 heavy (non-hydrogen) atoms. The summed E-state index contributed by atoms with van der Waals surface area (Å²) in [5.74, 6) is 0.311. The molecule has 4 nitrogen and oxygen atoms in total. The van der Waals surface area contributed by atoms with Crippen molar-refractivity contribution in [1.29, 1.82) is 0 Å². The van der Waals surface area contributed by atoms with Crippen LogP contribution in [0.2, 0.25) is 0 Å². The molecular weight excluding hydrogens is 351 g/mol. The highest BCUT2D eigenvalue weighted by atomic mass is 32.2. The number of halogens is 1. The normalized spacial score (nSPS) is 17.7. The van der Waals surface area contributed by atoms with Crippen LogP contribution in [-0.2, 0) is 0 Å². The molecule has 0 saturated carbocycles. The lowest BCUT2D eigenvalue weighted by Gasteiger charge is -2.30. The van der Waals surface area contributed by atoms with Crippen molar-refractivity contribution in [3.63, 3.8) is 0 Å². The topological polar surface area (TPSA) is 35.9 Å². The molecule has 0 aromatic heterocycles. The zero-order chi connectivity index (χ0) is 18.7. The van der Waals surface area contributed by atoms with Gasteiger partial charge in [0.05, 0.1) is 17.7 Å². The van der Waals surface area contributed by atoms with Crippen LogP contribution in [0.15, 0.2) is 41.3 Å². The Labute approximate surface area is 158 Å². The SMILES string of the molecule is CCCCC1CN(c2ccc(F)cc2)c2cc(OC)c(O)cc2SN1C. The Bertz CT molecular complexity index is 754. The van der Waals surface area contributed by atoms with Crippen molar-refractivity contribution in [1.82, 2.24) is 4.31 Å². The molecule has 3 rings (SSSR count). The van der Waals surface area contributed by atoms with Crippen LogP contribution >= 0.6 is 11.9 Å². The summed E-state index contributed by atoms with van der Waals surface area (Å²) in [4.78, 5) is 3.14. The van der Waals surface area contributed by atoms with Gasteiger partial charge in [0, 0.05) is 30.4 Å². The third kappa shape index (κ3) is 3.91. The van der Waals surface area contributed by atoms with Gasteiger partial charge in [0.25, 0.3) is 0 Å². The molecule has 1 heterocycles. The highest BCUT2D eigenvalue weighted by molar-refractivity contribution is 7.97. The summed E-state index contributed by atoms with van der Waals surface area (Å²) >= 11 is 1.63. The van der Waals surface area contributed by atoms with Gasteiger partial charge in [-0.25, -0.2) is 8.70 Å². The fraction of sp³-hybridized carbons (Fsp3) is 0.400. The summed E-state index contributed by atoms with van der Waals surface area (Å²) < 4.78 is 21.0. The quantitative estimate of drug-likeness (QED) is 0.727. The number of phenolic OH excluding ortho intramolecular Hbond substituents is 1. The minimum atomic E-state index is -0.249. The van der Waals surface area contributed by atoms with Crippen molar-refractivity contribution in [3.05, 3.63) is 42.2 Å². The number of likely N-dealkylation sites (N-methyl/N-ethyl adjacent to an activating group) is 1. The first-order valence-corrected chi connectivity index (χ1v) is 9.65. The number of hydrogen-bond donors (Lipinski definition) is 1. The summed E-state index contributed by atoms with van der Waals surface area (Å²) in [6.45, 7) is 2.98. The second-order valence-corrected chi connectivity index (χ2v) is 7.71. The minimum absolute atomic E-state index is 0.123. The predicted molar refractivity (Wildman–Crippen MR) is 105 cm³/mol. The predicted octanol–water partition coefficient (Wildman–Crippen LogP) is 5.19. The third-order valence-electron chi connectivity index (χ3n) is 4.73. The van der Waals surface area contributed by atoms with Crippen LogP contribution in [0.3, 0.4) is 0 Å². The first kappa shape index (κ1) is 18.9. The average molecular weight is 376 g/mol. The van der Waals surface area contributed by atoms with Crippen LogP contribution in [0.5, 0.6) is 11.5 Å². The van der Waals surface area contributed by atoms with E-state index >= 15 is 0 Å². The van der Waals surface area contributed by atoms with Gasteiger partial charge >= 0.3 is 0 Å². The third-order valence-corrected chi connectivity index (χ3v) is 5.84. The molecule has 0 aliphatic carbocycles. The van der Waals surface area contributed by atoms with Crippen LogP contribution in [0.4, 0.5) is 15.8 Å². The molecule has 1 aliphatic heterocycles. The molecule has 0 amide bonds. The van der Waals surface area contributed by atoms with E-state index in [2.05, 4.69) is 23.2 Å². The van der Waals surface area contributed by atoms with E-state index in [-0.39, 0.29) is 11.6 Å². The highest BCUT2D eigenvalue weighted by Gasteiger charge is 2.28. The zero-order valence-corrected chi connectivity index (χ0v) is 16.2. The van der Waals surface area contributed by atoms with E-state index in [0.29, 0.717) is 11.8 Å². The van der Waals surface area contributed by atoms with Crippen LogP contribution in [-0.4, -0.2) is 36.2 Å². The maximum atomic E-state index is 13.4. The van der Waals surface area contributed by atoms with Gasteiger partial charge in [-0.15, -0.1) is 0 Å². The standard InChI is InChI=1S/C20H25FN2O2S/c1-4-5-6-16-13-23(15-9-7-14(21)8-10-15)17-11-19(25-3)18(24)12-20(17)26-22(16)2/h7-12,16,24H,4-6,13H2,1-3H3. The first-order chi connectivity index (χ1) is 12.5. The smallest absolute Gasteiger partial charge is 0.162 e. The maximum Gasteiger partial charge on any atom is 0.162 e. The Morgan fingerprint density at radius 2 is 2.00 bits per heavy atom. The number of hydrogen-bond acceptors (Lipinski definition) is 5. The molecule has 0 radical (unpaired) electrons. The van der Waals surface area contributed by atoms with Gasteiger partial charge in [-0.05, 0) is 49.7 Å². The van der Waals surface area contributed by atoms with Gasteiger partial charge in [0.15, 0.2) is 11.5 Å². The van der Waals surface area contributed by atoms with Gasteiger partial charge < -0.3 is 14.7 Å². The van der Waals surface area contributed by atoms with E-state index < -0.39 is 0 Å². The van der Waals surface area contributed by atoms with Gasteiger partial charge in [-0.1, -0.05) is 19.8 Å². The molecule has 1 atom stereocenters. The number of anilines is 2. The maximum absolute atomic E-state index is 13.4. The summed E-state index contributed by atoms with van der Waals surface area (Å²) in [5, 5.41) is 10.2. The number of aromatic hydroxyl groups is 1. The lowest BCUT2D eigenvalue weighted by Crippen LogP contribution is -2.35. The average Bonchev–Trinajstić information content (AvgIpc) is 2.76. The molecule has 1 N–H and O–H groups in total. The van der Waals surface area contributed by atoms with Gasteiger partial charge in [-0.3, -0.25) is 0 Å². The molecule has 2 aromatic rings. The Kier molecular flexibility index (Phi) is 5.94. The molecule has 0 saturated heterocycles. The molecule has 2 aromatic carbocycles. The van der Waals surface area contributed by atoms with E-state index in [1.165, 1.54) is 12.1 Å². The van der Waals surface area contributed by atoms with Crippen molar-refractivity contribution in [2.24, 2.45) is 0 Å². The summed E-state index contributed by atoms with van der Waals surface area (Å²) in [7, 11) is 3.63. The van der Waals surface area contributed by atoms with E-state index in [4.69, 9.17) is 4.74 Å². The van der Waals surface area contributed by atoms with Gasteiger partial charge in [0.2, 0.25) is 0 Å². The number of methoxy groups -OCH3 is 1. The summed E-state index contributed by atoms with van der Waals surface area (Å²) in [5.41, 5.74) is 1.89. The number of fused-ring (bicyclic) bond motifs is 1. The lowest BCUT2D eigenvalue weighted by atomic mass is 10.1. The van der Waals surface area contributed by atoms with Crippen LogP contribution in [0, 0.1) is 5.82 Å². The van der Waals surface area contributed by atoms with Crippen molar-refractivity contribution in [2.45, 2.75) is 37.1 Å². The van der Waals surface area contributed by atoms with Crippen molar-refractivity contribution in [3.8, 4) is 11.5 Å². The summed E-state index contributed by atoms with van der Waals surface area (Å²) in [6.07, 6.45) is 3.37. The molecule has 1 aliphatic rings. The van der Waals surface area contributed by atoms with Crippen LogP contribution < -0.4 is 9.64 Å². The van der Waals surface area contributed by atoms with E-state index in [0.717, 1.165) is 42.1 Å². The van der Waals surface area contributed by atoms with E-state index in [1.807, 2.05) is 6.07 Å². The van der Waals surface area contributed by atoms with Crippen molar-refractivity contribution >= 4 is 23.3 Å². The lowest BCUT2D eigenvalue weighted by molar-refractivity contribution is 0.372. The number of benzene rings is 2. The second-order valence-electron chi connectivity index (χ2n) is 6.51. The Morgan fingerprint density at radius 3 is 2.65 bits per heavy atom. The van der Waals surface area contributed by atoms with E-state index in [1.54, 1.807) is 37.3 Å². The number of phenols is 1. The number of unbranched alkanes of at least 4 members (excludes halogenated alkanes) is 1. The van der Waals surface area contributed by atoms with E-state index in [9.17, 15) is 9.50 Å². The molecule has 0 bridgehead atoms. The fourth-order valence-corrected chi connectivity index (χ4v) is 4.28. The molecule has 0 fully saturated rings. The Morgan fingerprint density at radius 1 is 1.27 bits per heavy atom. The fourth-order valence-electron chi connectivity index (χ4n) is 3.22.